The van der Waals surface area contributed by atoms with Gasteiger partial charge in [-0.25, -0.2) is 0 Å². The summed E-state index contributed by atoms with van der Waals surface area (Å²) in [7, 11) is 0. The molecule has 0 aliphatic carbocycles. The third-order valence-corrected chi connectivity index (χ3v) is 3.45. The molecule has 1 N–H and O–H groups in total. The van der Waals surface area contributed by atoms with Crippen molar-refractivity contribution in [2.75, 3.05) is 0 Å². The largest absolute Gasteiger partial charge is 0.399 e. The van der Waals surface area contributed by atoms with Crippen LogP contribution in [0.25, 0.3) is 5.82 Å². The van der Waals surface area contributed by atoms with Gasteiger partial charge < -0.3 is 4.57 Å². The molecule has 0 fully saturated rings. The number of aromatic nitrogens is 3. The number of halogens is 3. The first-order valence-corrected chi connectivity index (χ1v) is 5.92. The minimum absolute atomic E-state index is 0.0579. The molecule has 0 saturated heterocycles. The summed E-state index contributed by atoms with van der Waals surface area (Å²) < 4.78 is 40.7. The Kier molecular flexibility index (Phi) is 2.99. The smallest absolute Gasteiger partial charge is 0.302 e. The molecule has 0 atom stereocenters. The molecule has 2 aromatic heterocycles. The Bertz CT molecular complexity index is 571. The molecule has 104 valence electrons. The van der Waals surface area contributed by atoms with E-state index in [0.717, 1.165) is 25.2 Å². The van der Waals surface area contributed by atoms with Crippen LogP contribution in [0.3, 0.4) is 0 Å². The van der Waals surface area contributed by atoms with Crippen LogP contribution >= 0.6 is 0 Å². The van der Waals surface area contributed by atoms with Gasteiger partial charge >= 0.3 is 6.18 Å². The van der Waals surface area contributed by atoms with Gasteiger partial charge in [-0.3, -0.25) is 5.10 Å². The number of nitrogens with zero attached hydrogens (tertiary/aromatic N) is 2. The van der Waals surface area contributed by atoms with Gasteiger partial charge in [0.05, 0.1) is 5.69 Å². The third-order valence-electron chi connectivity index (χ3n) is 3.45. The quantitative estimate of drug-likeness (QED) is 0.888. The fraction of sp³-hybridized carbons (Fsp3) is 0.462. The molecule has 3 nitrogen and oxygen atoms in total. The molecule has 2 aromatic rings. The SMILES string of the molecule is Cc1ccc(C)n1-c1cc(C(C)(C)C(F)(F)F)[nH]n1. The second-order valence-corrected chi connectivity index (χ2v) is 5.21. The van der Waals surface area contributed by atoms with E-state index in [2.05, 4.69) is 10.2 Å². The maximum Gasteiger partial charge on any atom is 0.399 e. The van der Waals surface area contributed by atoms with E-state index in [-0.39, 0.29) is 5.69 Å². The molecule has 0 aliphatic heterocycles. The van der Waals surface area contributed by atoms with Crippen LogP contribution in [0.1, 0.15) is 30.9 Å². The van der Waals surface area contributed by atoms with E-state index in [0.29, 0.717) is 5.82 Å². The first-order chi connectivity index (χ1) is 8.64. The van der Waals surface area contributed by atoms with Crippen LogP contribution in [0.5, 0.6) is 0 Å². The summed E-state index contributed by atoms with van der Waals surface area (Å²) in [5.41, 5.74) is -0.0315. The van der Waals surface area contributed by atoms with Crippen molar-refractivity contribution in [1.29, 1.82) is 0 Å². The lowest BCUT2D eigenvalue weighted by molar-refractivity contribution is -0.181. The van der Waals surface area contributed by atoms with Crippen LogP contribution in [-0.2, 0) is 5.41 Å². The molecule has 0 saturated carbocycles. The molecule has 19 heavy (non-hydrogen) atoms. The molecule has 0 aliphatic rings. The van der Waals surface area contributed by atoms with Crippen molar-refractivity contribution in [2.45, 2.75) is 39.3 Å². The Labute approximate surface area is 109 Å². The molecule has 0 amide bonds. The van der Waals surface area contributed by atoms with E-state index in [4.69, 9.17) is 0 Å². The van der Waals surface area contributed by atoms with Gasteiger partial charge in [-0.05, 0) is 39.8 Å². The van der Waals surface area contributed by atoms with Crippen molar-refractivity contribution in [3.63, 3.8) is 0 Å². The summed E-state index contributed by atoms with van der Waals surface area (Å²) in [5, 5.41) is 6.50. The van der Waals surface area contributed by atoms with E-state index < -0.39 is 11.6 Å². The first kappa shape index (κ1) is 13.7. The molecule has 0 unspecified atom stereocenters. The minimum atomic E-state index is -4.32. The average molecular weight is 271 g/mol. The molecular formula is C13H16F3N3. The summed E-state index contributed by atoms with van der Waals surface area (Å²) in [5.74, 6) is 0.479. The molecule has 0 radical (unpaired) electrons. The van der Waals surface area contributed by atoms with Crippen LogP contribution in [-0.4, -0.2) is 20.9 Å². The highest BCUT2D eigenvalue weighted by molar-refractivity contribution is 5.34. The number of hydrogen-bond donors (Lipinski definition) is 1. The average Bonchev–Trinajstić information content (AvgIpc) is 2.84. The number of hydrogen-bond acceptors (Lipinski definition) is 1. The van der Waals surface area contributed by atoms with E-state index in [1.54, 1.807) is 0 Å². The number of aryl methyl sites for hydroxylation is 2. The predicted octanol–water partition coefficient (Wildman–Crippen LogP) is 3.66. The van der Waals surface area contributed by atoms with Crippen molar-refractivity contribution in [1.82, 2.24) is 14.8 Å². The number of rotatable bonds is 2. The fourth-order valence-electron chi connectivity index (χ4n) is 1.93. The number of H-pyrrole nitrogens is 1. The second-order valence-electron chi connectivity index (χ2n) is 5.21. The van der Waals surface area contributed by atoms with Crippen LogP contribution in [0.4, 0.5) is 13.2 Å². The highest BCUT2D eigenvalue weighted by Gasteiger charge is 2.49. The standard InChI is InChI=1S/C13H16F3N3/c1-8-5-6-9(2)19(8)11-7-10(17-18-11)12(3,4)13(14,15)16/h5-7H,1-4H3,(H,17,18). The maximum atomic E-state index is 13.0. The zero-order chi connectivity index (χ0) is 14.4. The first-order valence-electron chi connectivity index (χ1n) is 5.92. The summed E-state index contributed by atoms with van der Waals surface area (Å²) in [4.78, 5) is 0. The van der Waals surface area contributed by atoms with E-state index in [1.165, 1.54) is 6.07 Å². The van der Waals surface area contributed by atoms with Crippen LogP contribution in [0, 0.1) is 13.8 Å². The minimum Gasteiger partial charge on any atom is -0.302 e. The van der Waals surface area contributed by atoms with E-state index >= 15 is 0 Å². The molecule has 2 heterocycles. The van der Waals surface area contributed by atoms with Gasteiger partial charge in [0, 0.05) is 17.5 Å². The lowest BCUT2D eigenvalue weighted by atomic mass is 9.89. The van der Waals surface area contributed by atoms with E-state index in [9.17, 15) is 13.2 Å². The highest BCUT2D eigenvalue weighted by atomic mass is 19.4. The van der Waals surface area contributed by atoms with Gasteiger partial charge in [-0.2, -0.15) is 18.3 Å². The highest BCUT2D eigenvalue weighted by Crippen LogP contribution is 2.39. The van der Waals surface area contributed by atoms with Crippen molar-refractivity contribution < 1.29 is 13.2 Å². The Balaban J connectivity index is 2.46. The van der Waals surface area contributed by atoms with Crippen LogP contribution < -0.4 is 0 Å². The molecule has 0 bridgehead atoms. The zero-order valence-corrected chi connectivity index (χ0v) is 11.3. The fourth-order valence-corrected chi connectivity index (χ4v) is 1.93. The summed E-state index contributed by atoms with van der Waals surface area (Å²) in [6.07, 6.45) is -4.32. The summed E-state index contributed by atoms with van der Waals surface area (Å²) >= 11 is 0. The van der Waals surface area contributed by atoms with E-state index in [1.807, 2.05) is 30.5 Å². The predicted molar refractivity (Wildman–Crippen MR) is 66.5 cm³/mol. The second kappa shape index (κ2) is 4.15. The summed E-state index contributed by atoms with van der Waals surface area (Å²) in [6.45, 7) is 6.05. The zero-order valence-electron chi connectivity index (χ0n) is 11.3. The lowest BCUT2D eigenvalue weighted by Gasteiger charge is -2.25. The number of alkyl halides is 3. The van der Waals surface area contributed by atoms with Crippen molar-refractivity contribution in [3.05, 3.63) is 35.3 Å². The molecule has 6 heteroatoms. The third kappa shape index (κ3) is 2.15. The Morgan fingerprint density at radius 1 is 1.11 bits per heavy atom. The Morgan fingerprint density at radius 3 is 2.11 bits per heavy atom. The topological polar surface area (TPSA) is 33.6 Å². The normalized spacial score (nSPS) is 13.0. The molecule has 2 rings (SSSR count). The van der Waals surface area contributed by atoms with Gasteiger partial charge in [-0.1, -0.05) is 0 Å². The van der Waals surface area contributed by atoms with Gasteiger partial charge in [0.2, 0.25) is 0 Å². The van der Waals surface area contributed by atoms with Gasteiger partial charge in [-0.15, -0.1) is 0 Å². The van der Waals surface area contributed by atoms with Gasteiger partial charge in [0.25, 0.3) is 0 Å². The molecule has 0 aromatic carbocycles. The lowest BCUT2D eigenvalue weighted by Crippen LogP contribution is -2.36. The van der Waals surface area contributed by atoms with Crippen molar-refractivity contribution >= 4 is 0 Å². The monoisotopic (exact) mass is 271 g/mol. The Morgan fingerprint density at radius 2 is 1.63 bits per heavy atom. The molecular weight excluding hydrogens is 255 g/mol. The number of nitrogens with one attached hydrogen (secondary N) is 1. The van der Waals surface area contributed by atoms with Crippen LogP contribution in [0.2, 0.25) is 0 Å². The van der Waals surface area contributed by atoms with Crippen LogP contribution in [0.15, 0.2) is 18.2 Å². The summed E-state index contributed by atoms with van der Waals surface area (Å²) in [6, 6.07) is 5.25. The van der Waals surface area contributed by atoms with Crippen molar-refractivity contribution in [2.24, 2.45) is 0 Å². The Hall–Kier alpha value is -1.72. The van der Waals surface area contributed by atoms with Gasteiger partial charge in [0.15, 0.2) is 5.82 Å². The maximum absolute atomic E-state index is 13.0. The number of aromatic amines is 1. The molecule has 0 spiro atoms. The van der Waals surface area contributed by atoms with Gasteiger partial charge in [0.1, 0.15) is 5.41 Å². The van der Waals surface area contributed by atoms with Crippen molar-refractivity contribution in [3.8, 4) is 5.82 Å².